The van der Waals surface area contributed by atoms with Crippen LogP contribution in [0.3, 0.4) is 0 Å². The normalized spacial score (nSPS) is 12.3. The van der Waals surface area contributed by atoms with E-state index in [2.05, 4.69) is 21.2 Å². The number of amides is 2. The third-order valence-corrected chi connectivity index (χ3v) is 6.82. The highest BCUT2D eigenvalue weighted by Gasteiger charge is 2.31. The van der Waals surface area contributed by atoms with E-state index in [4.69, 9.17) is 27.9 Å². The lowest BCUT2D eigenvalue weighted by Gasteiger charge is -2.33. The van der Waals surface area contributed by atoms with Crippen molar-refractivity contribution in [3.8, 4) is 5.75 Å². The van der Waals surface area contributed by atoms with Gasteiger partial charge in [-0.15, -0.1) is 0 Å². The number of carbonyl (C=O) groups excluding carboxylic acids is 2. The van der Waals surface area contributed by atoms with Crippen molar-refractivity contribution >= 4 is 61.7 Å². The Balaban J connectivity index is 1.87. The summed E-state index contributed by atoms with van der Waals surface area (Å²) in [6, 6.07) is 16.1. The average molecular weight is 580 g/mol. The molecule has 1 atom stereocenters. The maximum absolute atomic E-state index is 13.5. The summed E-state index contributed by atoms with van der Waals surface area (Å²) in [6.45, 7) is 7.49. The standard InChI is InChI=1S/C27H29BrCl2N2O3/c1-5-22(26(34)31-27(2,3)4)32(15-18-10-12-19(29)14-21(18)30)24(33)16-35-23-13-11-17-8-6-7-9-20(17)25(23)28/h6-14,22H,5,15-16H2,1-4H3,(H,31,34)/t22-/m1/s1. The molecule has 3 rings (SSSR count). The van der Waals surface area contributed by atoms with E-state index < -0.39 is 11.6 Å². The van der Waals surface area contributed by atoms with E-state index in [0.29, 0.717) is 27.8 Å². The molecule has 0 unspecified atom stereocenters. The lowest BCUT2D eigenvalue weighted by atomic mass is 10.1. The molecule has 0 saturated carbocycles. The van der Waals surface area contributed by atoms with Gasteiger partial charge in [0, 0.05) is 22.1 Å². The smallest absolute Gasteiger partial charge is 0.261 e. The molecule has 0 radical (unpaired) electrons. The highest BCUT2D eigenvalue weighted by atomic mass is 79.9. The van der Waals surface area contributed by atoms with Gasteiger partial charge in [-0.05, 0) is 77.7 Å². The second kappa shape index (κ2) is 11.6. The molecule has 0 aliphatic rings. The molecule has 0 spiro atoms. The second-order valence-corrected chi connectivity index (χ2v) is 10.9. The minimum atomic E-state index is -0.697. The van der Waals surface area contributed by atoms with Crippen LogP contribution in [0.2, 0.25) is 10.0 Å². The molecular formula is C27H29BrCl2N2O3. The SMILES string of the molecule is CC[C@H](C(=O)NC(C)(C)C)N(Cc1ccc(Cl)cc1Cl)C(=O)COc1ccc2ccccc2c1Br. The Hall–Kier alpha value is -2.28. The molecule has 186 valence electrons. The number of nitrogens with zero attached hydrogens (tertiary/aromatic N) is 1. The highest BCUT2D eigenvalue weighted by Crippen LogP contribution is 2.33. The Kier molecular flexibility index (Phi) is 9.08. The van der Waals surface area contributed by atoms with Gasteiger partial charge in [-0.3, -0.25) is 9.59 Å². The summed E-state index contributed by atoms with van der Waals surface area (Å²) in [5, 5.41) is 5.95. The summed E-state index contributed by atoms with van der Waals surface area (Å²) in [4.78, 5) is 28.1. The number of fused-ring (bicyclic) bond motifs is 1. The fourth-order valence-electron chi connectivity index (χ4n) is 3.75. The van der Waals surface area contributed by atoms with Crippen molar-refractivity contribution in [1.29, 1.82) is 0 Å². The first-order chi connectivity index (χ1) is 16.5. The summed E-state index contributed by atoms with van der Waals surface area (Å²) in [6.07, 6.45) is 0.429. The molecule has 1 N–H and O–H groups in total. The van der Waals surface area contributed by atoms with Crippen LogP contribution in [-0.2, 0) is 16.1 Å². The van der Waals surface area contributed by atoms with Crippen LogP contribution in [0.25, 0.3) is 10.8 Å². The molecule has 3 aromatic carbocycles. The second-order valence-electron chi connectivity index (χ2n) is 9.31. The molecule has 0 aliphatic heterocycles. The number of nitrogens with one attached hydrogen (secondary N) is 1. The summed E-state index contributed by atoms with van der Waals surface area (Å²) in [7, 11) is 0. The van der Waals surface area contributed by atoms with Gasteiger partial charge in [-0.1, -0.05) is 66.5 Å². The molecule has 5 nitrogen and oxygen atoms in total. The predicted molar refractivity (Wildman–Crippen MR) is 146 cm³/mol. The minimum Gasteiger partial charge on any atom is -0.483 e. The fourth-order valence-corrected chi connectivity index (χ4v) is 4.83. The molecule has 0 aromatic heterocycles. The monoisotopic (exact) mass is 578 g/mol. The maximum Gasteiger partial charge on any atom is 0.261 e. The molecule has 0 aliphatic carbocycles. The van der Waals surface area contributed by atoms with Gasteiger partial charge in [0.25, 0.3) is 5.91 Å². The Morgan fingerprint density at radius 3 is 2.46 bits per heavy atom. The maximum atomic E-state index is 13.5. The molecule has 0 bridgehead atoms. The number of rotatable bonds is 8. The van der Waals surface area contributed by atoms with Gasteiger partial charge in [0.15, 0.2) is 6.61 Å². The number of halogens is 3. The van der Waals surface area contributed by atoms with Crippen LogP contribution in [0.5, 0.6) is 5.75 Å². The van der Waals surface area contributed by atoms with Gasteiger partial charge in [-0.2, -0.15) is 0 Å². The van der Waals surface area contributed by atoms with Gasteiger partial charge in [-0.25, -0.2) is 0 Å². The van der Waals surface area contributed by atoms with Crippen LogP contribution in [0.4, 0.5) is 0 Å². The lowest BCUT2D eigenvalue weighted by Crippen LogP contribution is -2.54. The molecule has 8 heteroatoms. The topological polar surface area (TPSA) is 58.6 Å². The van der Waals surface area contributed by atoms with Crippen LogP contribution in [0, 0.1) is 0 Å². The number of hydrogen-bond acceptors (Lipinski definition) is 3. The third-order valence-electron chi connectivity index (χ3n) is 5.42. The lowest BCUT2D eigenvalue weighted by molar-refractivity contribution is -0.143. The number of ether oxygens (including phenoxy) is 1. The summed E-state index contributed by atoms with van der Waals surface area (Å²) in [5.41, 5.74) is 0.252. The molecule has 2 amide bonds. The van der Waals surface area contributed by atoms with E-state index in [9.17, 15) is 9.59 Å². The zero-order chi connectivity index (χ0) is 25.8. The van der Waals surface area contributed by atoms with E-state index in [1.54, 1.807) is 18.2 Å². The fraction of sp³-hybridized carbons (Fsp3) is 0.333. The molecule has 0 heterocycles. The Labute approximate surface area is 224 Å². The Morgan fingerprint density at radius 2 is 1.80 bits per heavy atom. The van der Waals surface area contributed by atoms with E-state index in [1.165, 1.54) is 4.90 Å². The quantitative estimate of drug-likeness (QED) is 0.312. The first kappa shape index (κ1) is 27.3. The molecule has 0 fully saturated rings. The zero-order valence-electron chi connectivity index (χ0n) is 20.2. The van der Waals surface area contributed by atoms with Gasteiger partial charge >= 0.3 is 0 Å². The summed E-state index contributed by atoms with van der Waals surface area (Å²) >= 11 is 16.0. The van der Waals surface area contributed by atoms with Crippen molar-refractivity contribution in [2.24, 2.45) is 0 Å². The van der Waals surface area contributed by atoms with Crippen molar-refractivity contribution in [3.63, 3.8) is 0 Å². The van der Waals surface area contributed by atoms with E-state index in [-0.39, 0.29) is 25.0 Å². The molecule has 35 heavy (non-hydrogen) atoms. The first-order valence-electron chi connectivity index (χ1n) is 11.4. The highest BCUT2D eigenvalue weighted by molar-refractivity contribution is 9.10. The van der Waals surface area contributed by atoms with E-state index >= 15 is 0 Å². The van der Waals surface area contributed by atoms with Crippen LogP contribution >= 0.6 is 39.1 Å². The van der Waals surface area contributed by atoms with Crippen molar-refractivity contribution in [2.75, 3.05) is 6.61 Å². The van der Waals surface area contributed by atoms with Crippen molar-refractivity contribution in [2.45, 2.75) is 52.2 Å². The van der Waals surface area contributed by atoms with Crippen molar-refractivity contribution in [1.82, 2.24) is 10.2 Å². The number of carbonyl (C=O) groups is 2. The largest absolute Gasteiger partial charge is 0.483 e. The zero-order valence-corrected chi connectivity index (χ0v) is 23.3. The number of benzene rings is 3. The predicted octanol–water partition coefficient (Wildman–Crippen LogP) is 7.01. The summed E-state index contributed by atoms with van der Waals surface area (Å²) in [5.74, 6) is -0.00831. The van der Waals surface area contributed by atoms with Gasteiger partial charge in [0.2, 0.25) is 5.91 Å². The molecule has 3 aromatic rings. The molecule has 0 saturated heterocycles. The van der Waals surface area contributed by atoms with Crippen molar-refractivity contribution in [3.05, 3.63) is 74.7 Å². The van der Waals surface area contributed by atoms with E-state index in [0.717, 1.165) is 15.2 Å². The van der Waals surface area contributed by atoms with Crippen LogP contribution < -0.4 is 10.1 Å². The summed E-state index contributed by atoms with van der Waals surface area (Å²) < 4.78 is 6.70. The van der Waals surface area contributed by atoms with Crippen molar-refractivity contribution < 1.29 is 14.3 Å². The average Bonchev–Trinajstić information content (AvgIpc) is 2.78. The molecular weight excluding hydrogens is 551 g/mol. The Bertz CT molecular complexity index is 1230. The number of hydrogen-bond donors (Lipinski definition) is 1. The van der Waals surface area contributed by atoms with Gasteiger partial charge in [0.1, 0.15) is 11.8 Å². The first-order valence-corrected chi connectivity index (χ1v) is 12.9. The van der Waals surface area contributed by atoms with Crippen LogP contribution in [-0.4, -0.2) is 34.9 Å². The van der Waals surface area contributed by atoms with Crippen LogP contribution in [0.15, 0.2) is 59.1 Å². The minimum absolute atomic E-state index is 0.146. The van der Waals surface area contributed by atoms with Crippen LogP contribution in [0.1, 0.15) is 39.7 Å². The van der Waals surface area contributed by atoms with E-state index in [1.807, 2.05) is 64.1 Å². The van der Waals surface area contributed by atoms with Gasteiger partial charge in [0.05, 0.1) is 4.47 Å². The Morgan fingerprint density at radius 1 is 1.09 bits per heavy atom. The van der Waals surface area contributed by atoms with Gasteiger partial charge < -0.3 is 15.0 Å². The third kappa shape index (κ3) is 7.12.